The third-order valence-electron chi connectivity index (χ3n) is 2.77. The number of thioether (sulfide) groups is 1. The van der Waals surface area contributed by atoms with Gasteiger partial charge in [0, 0.05) is 19.6 Å². The van der Waals surface area contributed by atoms with Crippen LogP contribution in [0.5, 0.6) is 0 Å². The zero-order chi connectivity index (χ0) is 14.6. The maximum absolute atomic E-state index is 13.5. The van der Waals surface area contributed by atoms with Crippen LogP contribution in [-0.2, 0) is 6.42 Å². The molecule has 0 aromatic heterocycles. The maximum Gasteiger partial charge on any atom is 0.191 e. The summed E-state index contributed by atoms with van der Waals surface area (Å²) < 4.78 is 13.5. The van der Waals surface area contributed by atoms with E-state index < -0.39 is 0 Å². The molecule has 5 heteroatoms. The van der Waals surface area contributed by atoms with Gasteiger partial charge in [0.1, 0.15) is 5.82 Å². The average Bonchev–Trinajstić information content (AvgIpc) is 2.45. The summed E-state index contributed by atoms with van der Waals surface area (Å²) in [7, 11) is 0. The molecule has 0 spiro atoms. The Balaban J connectivity index is 2.36. The zero-order valence-corrected chi connectivity index (χ0v) is 13.1. The predicted molar refractivity (Wildman–Crippen MR) is 87.1 cm³/mol. The molecule has 20 heavy (non-hydrogen) atoms. The van der Waals surface area contributed by atoms with Crippen LogP contribution in [0.25, 0.3) is 0 Å². The lowest BCUT2D eigenvalue weighted by atomic mass is 10.1. The minimum absolute atomic E-state index is 0.142. The van der Waals surface area contributed by atoms with Crippen LogP contribution >= 0.6 is 11.8 Å². The number of benzene rings is 1. The first-order valence-corrected chi connectivity index (χ1v) is 8.41. The molecule has 0 fully saturated rings. The molecule has 0 amide bonds. The van der Waals surface area contributed by atoms with E-state index in [0.717, 1.165) is 36.8 Å². The Morgan fingerprint density at radius 3 is 2.80 bits per heavy atom. The van der Waals surface area contributed by atoms with Gasteiger partial charge in [0.15, 0.2) is 5.96 Å². The Morgan fingerprint density at radius 1 is 1.30 bits per heavy atom. The molecular weight excluding hydrogens is 273 g/mol. The Hall–Kier alpha value is -1.23. The molecule has 0 bridgehead atoms. The van der Waals surface area contributed by atoms with Gasteiger partial charge in [-0.1, -0.05) is 18.2 Å². The van der Waals surface area contributed by atoms with E-state index in [9.17, 15) is 4.39 Å². The highest BCUT2D eigenvalue weighted by molar-refractivity contribution is 7.98. The molecule has 1 aromatic rings. The monoisotopic (exact) mass is 297 g/mol. The number of rotatable bonds is 8. The topological polar surface area (TPSA) is 36.4 Å². The van der Waals surface area contributed by atoms with Crippen molar-refractivity contribution < 1.29 is 4.39 Å². The number of nitrogens with zero attached hydrogens (tertiary/aromatic N) is 1. The summed E-state index contributed by atoms with van der Waals surface area (Å²) in [5, 5.41) is 6.44. The van der Waals surface area contributed by atoms with Crippen LogP contribution in [0.2, 0.25) is 0 Å². The van der Waals surface area contributed by atoms with Crippen LogP contribution in [0.15, 0.2) is 29.3 Å². The Kier molecular flexibility index (Phi) is 8.87. The lowest BCUT2D eigenvalue weighted by molar-refractivity contribution is 0.606. The second-order valence-corrected chi connectivity index (χ2v) is 5.36. The number of halogens is 1. The molecule has 0 aliphatic heterocycles. The third kappa shape index (κ3) is 6.80. The molecule has 0 saturated heterocycles. The zero-order valence-electron chi connectivity index (χ0n) is 12.3. The minimum Gasteiger partial charge on any atom is -0.357 e. The summed E-state index contributed by atoms with van der Waals surface area (Å²) in [5.41, 5.74) is 0.734. The van der Waals surface area contributed by atoms with Gasteiger partial charge < -0.3 is 10.6 Å². The molecule has 0 radical (unpaired) electrons. The molecule has 0 saturated carbocycles. The highest BCUT2D eigenvalue weighted by Crippen LogP contribution is 2.06. The van der Waals surface area contributed by atoms with Crippen molar-refractivity contribution in [3.63, 3.8) is 0 Å². The fourth-order valence-electron chi connectivity index (χ4n) is 1.76. The molecule has 1 aromatic carbocycles. The lowest BCUT2D eigenvalue weighted by Gasteiger charge is -2.11. The van der Waals surface area contributed by atoms with Crippen LogP contribution in [0.3, 0.4) is 0 Å². The van der Waals surface area contributed by atoms with Crippen LogP contribution in [-0.4, -0.2) is 37.6 Å². The number of aliphatic imine (C=N–C) groups is 1. The summed E-state index contributed by atoms with van der Waals surface area (Å²) in [5.74, 6) is 1.79. The summed E-state index contributed by atoms with van der Waals surface area (Å²) in [4.78, 5) is 4.49. The second kappa shape index (κ2) is 10.5. The first-order valence-electron chi connectivity index (χ1n) is 7.02. The van der Waals surface area contributed by atoms with E-state index in [0.29, 0.717) is 13.0 Å². The highest BCUT2D eigenvalue weighted by atomic mass is 32.2. The smallest absolute Gasteiger partial charge is 0.191 e. The van der Waals surface area contributed by atoms with Gasteiger partial charge in [0.25, 0.3) is 0 Å². The van der Waals surface area contributed by atoms with Crippen LogP contribution < -0.4 is 10.6 Å². The molecule has 0 aliphatic rings. The molecule has 2 N–H and O–H groups in total. The molecule has 0 aliphatic carbocycles. The minimum atomic E-state index is -0.142. The van der Waals surface area contributed by atoms with E-state index in [1.165, 1.54) is 6.07 Å². The van der Waals surface area contributed by atoms with E-state index in [1.54, 1.807) is 6.07 Å². The molecular formula is C15H24FN3S. The van der Waals surface area contributed by atoms with Gasteiger partial charge in [0.2, 0.25) is 0 Å². The predicted octanol–water partition coefficient (Wildman–Crippen LogP) is 2.68. The van der Waals surface area contributed by atoms with Crippen molar-refractivity contribution in [3.05, 3.63) is 35.6 Å². The first kappa shape index (κ1) is 16.8. The van der Waals surface area contributed by atoms with Gasteiger partial charge in [-0.25, -0.2) is 4.39 Å². The van der Waals surface area contributed by atoms with Crippen molar-refractivity contribution in [3.8, 4) is 0 Å². The first-order chi connectivity index (χ1) is 9.77. The van der Waals surface area contributed by atoms with Gasteiger partial charge >= 0.3 is 0 Å². The van der Waals surface area contributed by atoms with Crippen molar-refractivity contribution >= 4 is 17.7 Å². The van der Waals surface area contributed by atoms with Crippen LogP contribution in [0.1, 0.15) is 18.9 Å². The summed E-state index contributed by atoms with van der Waals surface area (Å²) in [6.07, 6.45) is 3.83. The normalized spacial score (nSPS) is 11.4. The van der Waals surface area contributed by atoms with Gasteiger partial charge in [-0.05, 0) is 43.4 Å². The number of hydrogen-bond donors (Lipinski definition) is 2. The highest BCUT2D eigenvalue weighted by Gasteiger charge is 2.01. The van der Waals surface area contributed by atoms with Crippen molar-refractivity contribution in [1.82, 2.24) is 10.6 Å². The van der Waals surface area contributed by atoms with Crippen molar-refractivity contribution in [2.75, 3.05) is 31.6 Å². The quantitative estimate of drug-likeness (QED) is 0.440. The molecule has 0 atom stereocenters. The van der Waals surface area contributed by atoms with E-state index in [4.69, 9.17) is 0 Å². The standard InChI is InChI=1S/C15H24FN3S/c1-3-17-15(18-10-6-12-20-2)19-11-9-13-7-4-5-8-14(13)16/h4-5,7-8H,3,6,9-12H2,1-2H3,(H2,17,18,19). The largest absolute Gasteiger partial charge is 0.357 e. The van der Waals surface area contributed by atoms with E-state index in [-0.39, 0.29) is 5.82 Å². The fourth-order valence-corrected chi connectivity index (χ4v) is 2.18. The Morgan fingerprint density at radius 2 is 2.10 bits per heavy atom. The SMILES string of the molecule is CCNC(=NCCCSC)NCCc1ccccc1F. The number of hydrogen-bond acceptors (Lipinski definition) is 2. The summed E-state index contributed by atoms with van der Waals surface area (Å²) >= 11 is 1.83. The van der Waals surface area contributed by atoms with Gasteiger partial charge in [-0.3, -0.25) is 4.99 Å². The summed E-state index contributed by atoms with van der Waals surface area (Å²) in [6.45, 7) is 4.36. The average molecular weight is 297 g/mol. The number of nitrogens with one attached hydrogen (secondary N) is 2. The lowest BCUT2D eigenvalue weighted by Crippen LogP contribution is -2.38. The van der Waals surface area contributed by atoms with Gasteiger partial charge in [-0.15, -0.1) is 0 Å². The molecule has 3 nitrogen and oxygen atoms in total. The van der Waals surface area contributed by atoms with Crippen LogP contribution in [0.4, 0.5) is 4.39 Å². The number of guanidine groups is 1. The second-order valence-electron chi connectivity index (χ2n) is 4.38. The van der Waals surface area contributed by atoms with Crippen molar-refractivity contribution in [2.24, 2.45) is 4.99 Å². The molecule has 112 valence electrons. The Labute approximate surface area is 125 Å². The summed E-state index contributed by atoms with van der Waals surface area (Å²) in [6, 6.07) is 6.89. The van der Waals surface area contributed by atoms with Crippen molar-refractivity contribution in [2.45, 2.75) is 19.8 Å². The molecule has 0 heterocycles. The fraction of sp³-hybridized carbons (Fsp3) is 0.533. The Bertz CT molecular complexity index is 410. The van der Waals surface area contributed by atoms with Gasteiger partial charge in [0.05, 0.1) is 0 Å². The third-order valence-corrected chi connectivity index (χ3v) is 3.46. The van der Waals surface area contributed by atoms with Gasteiger partial charge in [-0.2, -0.15) is 11.8 Å². The molecule has 0 unspecified atom stereocenters. The molecule has 1 rings (SSSR count). The van der Waals surface area contributed by atoms with E-state index in [1.807, 2.05) is 30.8 Å². The maximum atomic E-state index is 13.5. The van der Waals surface area contributed by atoms with Crippen LogP contribution in [0, 0.1) is 5.82 Å². The van der Waals surface area contributed by atoms with E-state index in [2.05, 4.69) is 21.9 Å². The van der Waals surface area contributed by atoms with E-state index >= 15 is 0 Å². The van der Waals surface area contributed by atoms with Crippen molar-refractivity contribution in [1.29, 1.82) is 0 Å².